The molecule has 1 aliphatic heterocycles. The van der Waals surface area contributed by atoms with Gasteiger partial charge < -0.3 is 15.8 Å². The molecule has 1 aromatic rings. The van der Waals surface area contributed by atoms with Crippen molar-refractivity contribution in [2.45, 2.75) is 24.6 Å². The molecule has 1 amide bonds. The lowest BCUT2D eigenvalue weighted by molar-refractivity contribution is -0.0161. The zero-order valence-electron chi connectivity index (χ0n) is 8.50. The minimum Gasteiger partial charge on any atom is -0.376 e. The Morgan fingerprint density at radius 3 is 3.31 bits per heavy atom. The second kappa shape index (κ2) is 3.76. The first-order chi connectivity index (χ1) is 7.77. The van der Waals surface area contributed by atoms with E-state index < -0.39 is 0 Å². The van der Waals surface area contributed by atoms with E-state index >= 15 is 0 Å². The average molecular weight is 240 g/mol. The summed E-state index contributed by atoms with van der Waals surface area (Å²) in [7, 11) is 0. The highest BCUT2D eigenvalue weighted by molar-refractivity contribution is 6.99. The molecule has 0 spiro atoms. The van der Waals surface area contributed by atoms with Gasteiger partial charge in [-0.1, -0.05) is 0 Å². The first-order valence-corrected chi connectivity index (χ1v) is 5.96. The number of carbonyl (C=O) groups excluding carboxylic acids is 1. The molecule has 4 atom stereocenters. The van der Waals surface area contributed by atoms with E-state index in [-0.39, 0.29) is 24.1 Å². The standard InChI is InChI=1S/C9H12N4O2S/c10-6-4-1-2-15-8(4)7(6)12-9(14)5-3-11-16-13-5/h3-4,6-8H,1-2,10H2,(H,12,14). The summed E-state index contributed by atoms with van der Waals surface area (Å²) in [6.07, 6.45) is 2.54. The largest absolute Gasteiger partial charge is 0.376 e. The lowest BCUT2D eigenvalue weighted by Crippen LogP contribution is -2.68. The molecule has 86 valence electrons. The van der Waals surface area contributed by atoms with Gasteiger partial charge in [-0.25, -0.2) is 0 Å². The first-order valence-electron chi connectivity index (χ1n) is 5.23. The molecule has 16 heavy (non-hydrogen) atoms. The highest BCUT2D eigenvalue weighted by atomic mass is 32.1. The van der Waals surface area contributed by atoms with E-state index in [1.807, 2.05) is 0 Å². The summed E-state index contributed by atoms with van der Waals surface area (Å²) in [5.41, 5.74) is 6.33. The number of nitrogens with zero attached hydrogens (tertiary/aromatic N) is 2. The monoisotopic (exact) mass is 240 g/mol. The van der Waals surface area contributed by atoms with Crippen LogP contribution in [-0.4, -0.2) is 39.4 Å². The molecule has 0 bridgehead atoms. The SMILES string of the molecule is NC1C2CCOC2C1NC(=O)c1cnsn1. The van der Waals surface area contributed by atoms with Crippen LogP contribution in [0.3, 0.4) is 0 Å². The van der Waals surface area contributed by atoms with E-state index in [1.54, 1.807) is 0 Å². The molecule has 1 aliphatic carbocycles. The Labute approximate surface area is 96.5 Å². The zero-order chi connectivity index (χ0) is 11.1. The van der Waals surface area contributed by atoms with Crippen molar-refractivity contribution >= 4 is 17.6 Å². The molecular formula is C9H12N4O2S. The maximum absolute atomic E-state index is 11.7. The summed E-state index contributed by atoms with van der Waals surface area (Å²) >= 11 is 1.02. The average Bonchev–Trinajstić information content (AvgIpc) is 2.94. The van der Waals surface area contributed by atoms with Crippen LogP contribution in [0.1, 0.15) is 16.9 Å². The molecule has 1 saturated carbocycles. The number of nitrogens with one attached hydrogen (secondary N) is 1. The third-order valence-electron chi connectivity index (χ3n) is 3.34. The molecule has 0 aromatic carbocycles. The van der Waals surface area contributed by atoms with Crippen molar-refractivity contribution in [1.82, 2.24) is 14.1 Å². The summed E-state index contributed by atoms with van der Waals surface area (Å²) in [5, 5.41) is 2.86. The molecule has 2 heterocycles. The molecule has 3 N–H and O–H groups in total. The van der Waals surface area contributed by atoms with Crippen molar-refractivity contribution in [1.29, 1.82) is 0 Å². The normalized spacial score (nSPS) is 36.6. The van der Waals surface area contributed by atoms with Crippen LogP contribution < -0.4 is 11.1 Å². The summed E-state index contributed by atoms with van der Waals surface area (Å²) in [6.45, 7) is 0.744. The lowest BCUT2D eigenvalue weighted by atomic mass is 9.72. The predicted molar refractivity (Wildman–Crippen MR) is 57.0 cm³/mol. The quantitative estimate of drug-likeness (QED) is 0.719. The molecule has 3 rings (SSSR count). The highest BCUT2D eigenvalue weighted by Crippen LogP contribution is 2.37. The Bertz CT molecular complexity index is 396. The first kappa shape index (κ1) is 10.1. The van der Waals surface area contributed by atoms with Crippen molar-refractivity contribution in [3.63, 3.8) is 0 Å². The number of amides is 1. The van der Waals surface area contributed by atoms with Crippen molar-refractivity contribution in [3.8, 4) is 0 Å². The maximum Gasteiger partial charge on any atom is 0.273 e. The van der Waals surface area contributed by atoms with E-state index in [0.29, 0.717) is 11.6 Å². The van der Waals surface area contributed by atoms with Gasteiger partial charge in [0.1, 0.15) is 0 Å². The summed E-state index contributed by atoms with van der Waals surface area (Å²) in [4.78, 5) is 11.7. The Kier molecular flexibility index (Phi) is 2.38. The van der Waals surface area contributed by atoms with Gasteiger partial charge in [0.2, 0.25) is 0 Å². The van der Waals surface area contributed by atoms with Crippen LogP contribution in [0.5, 0.6) is 0 Å². The molecule has 2 aliphatic rings. The van der Waals surface area contributed by atoms with E-state index in [2.05, 4.69) is 14.1 Å². The molecule has 7 heteroatoms. The van der Waals surface area contributed by atoms with Gasteiger partial charge in [-0.2, -0.15) is 8.75 Å². The van der Waals surface area contributed by atoms with Gasteiger partial charge in [0.25, 0.3) is 5.91 Å². The number of aromatic nitrogens is 2. The van der Waals surface area contributed by atoms with Crippen LogP contribution in [0, 0.1) is 5.92 Å². The molecule has 6 nitrogen and oxygen atoms in total. The fraction of sp³-hybridized carbons (Fsp3) is 0.667. The Morgan fingerprint density at radius 2 is 2.56 bits per heavy atom. The van der Waals surface area contributed by atoms with Gasteiger partial charge in [-0.05, 0) is 6.42 Å². The van der Waals surface area contributed by atoms with Crippen molar-refractivity contribution < 1.29 is 9.53 Å². The number of rotatable bonds is 2. The van der Waals surface area contributed by atoms with Crippen molar-refractivity contribution in [2.24, 2.45) is 11.7 Å². The van der Waals surface area contributed by atoms with Crippen molar-refractivity contribution in [3.05, 3.63) is 11.9 Å². The van der Waals surface area contributed by atoms with E-state index in [1.165, 1.54) is 6.20 Å². The van der Waals surface area contributed by atoms with Crippen LogP contribution in [-0.2, 0) is 4.74 Å². The molecular weight excluding hydrogens is 228 g/mol. The molecule has 2 fully saturated rings. The number of hydrogen-bond donors (Lipinski definition) is 2. The van der Waals surface area contributed by atoms with E-state index in [0.717, 1.165) is 24.8 Å². The summed E-state index contributed by atoms with van der Waals surface area (Å²) in [5.74, 6) is 0.182. The Hall–Kier alpha value is -1.05. The van der Waals surface area contributed by atoms with Crippen LogP contribution in [0.25, 0.3) is 0 Å². The highest BCUT2D eigenvalue weighted by Gasteiger charge is 2.52. The van der Waals surface area contributed by atoms with E-state index in [4.69, 9.17) is 10.5 Å². The topological polar surface area (TPSA) is 90.1 Å². The number of nitrogens with two attached hydrogens (primary N) is 1. The zero-order valence-corrected chi connectivity index (χ0v) is 9.31. The predicted octanol–water partition coefficient (Wildman–Crippen LogP) is -0.618. The van der Waals surface area contributed by atoms with Crippen LogP contribution in [0.15, 0.2) is 6.20 Å². The fourth-order valence-electron chi connectivity index (χ4n) is 2.42. The van der Waals surface area contributed by atoms with Gasteiger partial charge in [-0.3, -0.25) is 4.79 Å². The molecule has 0 radical (unpaired) electrons. The van der Waals surface area contributed by atoms with Crippen LogP contribution in [0.4, 0.5) is 0 Å². The molecule has 1 saturated heterocycles. The van der Waals surface area contributed by atoms with Gasteiger partial charge in [0, 0.05) is 18.6 Å². The molecule has 1 aromatic heterocycles. The van der Waals surface area contributed by atoms with Gasteiger partial charge >= 0.3 is 0 Å². The van der Waals surface area contributed by atoms with Gasteiger partial charge in [0.05, 0.1) is 30.1 Å². The third-order valence-corrected chi connectivity index (χ3v) is 3.82. The number of carbonyl (C=O) groups is 1. The van der Waals surface area contributed by atoms with Crippen LogP contribution in [0.2, 0.25) is 0 Å². The second-order valence-electron chi connectivity index (χ2n) is 4.16. The third kappa shape index (κ3) is 1.43. The minimum atomic E-state index is -0.219. The minimum absolute atomic E-state index is 0.00282. The Morgan fingerprint density at radius 1 is 1.69 bits per heavy atom. The summed E-state index contributed by atoms with van der Waals surface area (Å²) < 4.78 is 13.2. The number of fused-ring (bicyclic) bond motifs is 1. The van der Waals surface area contributed by atoms with Gasteiger partial charge in [-0.15, -0.1) is 0 Å². The molecule has 4 unspecified atom stereocenters. The Balaban J connectivity index is 1.65. The number of hydrogen-bond acceptors (Lipinski definition) is 6. The summed E-state index contributed by atoms with van der Waals surface area (Å²) in [6, 6.07) is -0.0789. The second-order valence-corrected chi connectivity index (χ2v) is 4.71. The lowest BCUT2D eigenvalue weighted by Gasteiger charge is -2.45. The van der Waals surface area contributed by atoms with Gasteiger partial charge in [0.15, 0.2) is 5.69 Å². The fourth-order valence-corrected chi connectivity index (χ4v) is 2.83. The van der Waals surface area contributed by atoms with E-state index in [9.17, 15) is 4.79 Å². The number of ether oxygens (including phenoxy) is 1. The maximum atomic E-state index is 11.7. The van der Waals surface area contributed by atoms with Crippen LogP contribution >= 0.6 is 11.7 Å². The smallest absolute Gasteiger partial charge is 0.273 e. The van der Waals surface area contributed by atoms with Crippen molar-refractivity contribution in [2.75, 3.05) is 6.61 Å².